The number of nitrogens with one attached hydrogen (secondary N) is 1. The van der Waals surface area contributed by atoms with Crippen LogP contribution in [0.2, 0.25) is 0 Å². The first-order valence-electron chi connectivity index (χ1n) is 4.86. The minimum Gasteiger partial charge on any atom is -0.388 e. The normalized spacial score (nSPS) is 47.2. The molecule has 0 bridgehead atoms. The van der Waals surface area contributed by atoms with Gasteiger partial charge in [0.05, 0.1) is 11.6 Å². The van der Waals surface area contributed by atoms with Crippen LogP contribution in [0, 0.1) is 5.92 Å². The standard InChI is InChI=1S/C10H17NO/c1-8-4-2-6-10(8,12)9-5-3-7-11-9/h3,5,8-9,11-12H,2,4,6-7H2,1H3. The van der Waals surface area contributed by atoms with Crippen molar-refractivity contribution in [1.82, 2.24) is 5.32 Å². The van der Waals surface area contributed by atoms with E-state index >= 15 is 0 Å². The molecule has 0 aromatic carbocycles. The van der Waals surface area contributed by atoms with Crippen molar-refractivity contribution < 1.29 is 5.11 Å². The molecule has 68 valence electrons. The van der Waals surface area contributed by atoms with Crippen molar-refractivity contribution in [2.75, 3.05) is 6.54 Å². The predicted molar refractivity (Wildman–Crippen MR) is 48.9 cm³/mol. The maximum absolute atomic E-state index is 10.3. The molecule has 1 heterocycles. The molecule has 0 radical (unpaired) electrons. The van der Waals surface area contributed by atoms with Gasteiger partial charge in [0, 0.05) is 6.54 Å². The summed E-state index contributed by atoms with van der Waals surface area (Å²) in [6, 6.07) is 0.204. The van der Waals surface area contributed by atoms with E-state index in [0.29, 0.717) is 5.92 Å². The molecule has 2 N–H and O–H groups in total. The van der Waals surface area contributed by atoms with E-state index < -0.39 is 5.60 Å². The summed E-state index contributed by atoms with van der Waals surface area (Å²) >= 11 is 0. The molecule has 2 aliphatic rings. The van der Waals surface area contributed by atoms with E-state index in [4.69, 9.17) is 0 Å². The summed E-state index contributed by atoms with van der Waals surface area (Å²) in [5.74, 6) is 0.442. The van der Waals surface area contributed by atoms with Crippen molar-refractivity contribution in [1.29, 1.82) is 0 Å². The zero-order valence-corrected chi connectivity index (χ0v) is 7.59. The van der Waals surface area contributed by atoms with Gasteiger partial charge in [-0.1, -0.05) is 25.5 Å². The quantitative estimate of drug-likeness (QED) is 0.572. The third-order valence-corrected chi connectivity index (χ3v) is 3.39. The molecule has 1 saturated carbocycles. The van der Waals surface area contributed by atoms with E-state index in [1.54, 1.807) is 0 Å². The molecule has 1 fully saturated rings. The van der Waals surface area contributed by atoms with Gasteiger partial charge in [-0.25, -0.2) is 0 Å². The first kappa shape index (κ1) is 8.27. The highest BCUT2D eigenvalue weighted by Crippen LogP contribution is 2.38. The van der Waals surface area contributed by atoms with Crippen LogP contribution in [0.25, 0.3) is 0 Å². The summed E-state index contributed by atoms with van der Waals surface area (Å²) in [5.41, 5.74) is -0.465. The lowest BCUT2D eigenvalue weighted by Crippen LogP contribution is -2.49. The van der Waals surface area contributed by atoms with Crippen LogP contribution in [0.1, 0.15) is 26.2 Å². The highest BCUT2D eigenvalue weighted by atomic mass is 16.3. The fourth-order valence-corrected chi connectivity index (χ4v) is 2.46. The zero-order chi connectivity index (χ0) is 8.60. The summed E-state index contributed by atoms with van der Waals surface area (Å²) in [4.78, 5) is 0. The van der Waals surface area contributed by atoms with Crippen LogP contribution < -0.4 is 5.32 Å². The van der Waals surface area contributed by atoms with Crippen LogP contribution in [0.15, 0.2) is 12.2 Å². The number of hydrogen-bond donors (Lipinski definition) is 2. The first-order chi connectivity index (χ1) is 5.73. The molecule has 12 heavy (non-hydrogen) atoms. The molecule has 2 heteroatoms. The molecule has 1 aliphatic heterocycles. The first-order valence-corrected chi connectivity index (χ1v) is 4.86. The Balaban J connectivity index is 2.13. The van der Waals surface area contributed by atoms with Crippen molar-refractivity contribution in [2.45, 2.75) is 37.8 Å². The van der Waals surface area contributed by atoms with Crippen molar-refractivity contribution in [3.63, 3.8) is 0 Å². The fourth-order valence-electron chi connectivity index (χ4n) is 2.46. The Morgan fingerprint density at radius 2 is 2.42 bits per heavy atom. The van der Waals surface area contributed by atoms with Crippen LogP contribution in [0.3, 0.4) is 0 Å². The maximum atomic E-state index is 10.3. The fraction of sp³-hybridized carbons (Fsp3) is 0.800. The topological polar surface area (TPSA) is 32.3 Å². The predicted octanol–water partition coefficient (Wildman–Crippen LogP) is 1.07. The summed E-state index contributed by atoms with van der Waals surface area (Å²) in [5, 5.41) is 13.7. The molecule has 3 unspecified atom stereocenters. The van der Waals surface area contributed by atoms with Crippen LogP contribution in [-0.4, -0.2) is 23.3 Å². The Bertz CT molecular complexity index is 202. The molecule has 1 aliphatic carbocycles. The van der Waals surface area contributed by atoms with Crippen molar-refractivity contribution in [3.05, 3.63) is 12.2 Å². The third-order valence-electron chi connectivity index (χ3n) is 3.39. The van der Waals surface area contributed by atoms with Gasteiger partial charge in [0.2, 0.25) is 0 Å². The van der Waals surface area contributed by atoms with Crippen molar-refractivity contribution in [3.8, 4) is 0 Å². The van der Waals surface area contributed by atoms with Gasteiger partial charge in [0.25, 0.3) is 0 Å². The largest absolute Gasteiger partial charge is 0.388 e. The van der Waals surface area contributed by atoms with Gasteiger partial charge >= 0.3 is 0 Å². The molecule has 0 saturated heterocycles. The monoisotopic (exact) mass is 167 g/mol. The summed E-state index contributed by atoms with van der Waals surface area (Å²) in [6.45, 7) is 3.07. The van der Waals surface area contributed by atoms with Crippen LogP contribution in [-0.2, 0) is 0 Å². The number of aliphatic hydroxyl groups is 1. The van der Waals surface area contributed by atoms with Gasteiger partial charge in [-0.05, 0) is 18.8 Å². The van der Waals surface area contributed by atoms with E-state index in [1.807, 2.05) is 0 Å². The second kappa shape index (κ2) is 2.86. The molecule has 2 nitrogen and oxygen atoms in total. The highest BCUT2D eigenvalue weighted by Gasteiger charge is 2.44. The minimum atomic E-state index is -0.465. The van der Waals surface area contributed by atoms with Gasteiger partial charge in [-0.15, -0.1) is 0 Å². The van der Waals surface area contributed by atoms with Crippen LogP contribution >= 0.6 is 0 Å². The second-order valence-corrected chi connectivity index (χ2v) is 4.10. The van der Waals surface area contributed by atoms with Crippen molar-refractivity contribution in [2.24, 2.45) is 5.92 Å². The Morgan fingerprint density at radius 1 is 1.58 bits per heavy atom. The third kappa shape index (κ3) is 1.10. The smallest absolute Gasteiger partial charge is 0.0861 e. The van der Waals surface area contributed by atoms with Gasteiger partial charge in [0.15, 0.2) is 0 Å². The van der Waals surface area contributed by atoms with E-state index in [0.717, 1.165) is 13.0 Å². The van der Waals surface area contributed by atoms with Crippen LogP contribution in [0.5, 0.6) is 0 Å². The Labute approximate surface area is 73.7 Å². The highest BCUT2D eigenvalue weighted by molar-refractivity contribution is 5.13. The van der Waals surface area contributed by atoms with E-state index in [9.17, 15) is 5.11 Å². The Hall–Kier alpha value is -0.340. The van der Waals surface area contributed by atoms with Gasteiger partial charge in [-0.3, -0.25) is 0 Å². The molecule has 0 amide bonds. The minimum absolute atomic E-state index is 0.204. The SMILES string of the molecule is CC1CCCC1(O)C1C=CCN1. The van der Waals surface area contributed by atoms with Gasteiger partial charge in [0.1, 0.15) is 0 Å². The second-order valence-electron chi connectivity index (χ2n) is 4.10. The number of rotatable bonds is 1. The Morgan fingerprint density at radius 3 is 2.92 bits per heavy atom. The van der Waals surface area contributed by atoms with E-state index in [1.165, 1.54) is 12.8 Å². The maximum Gasteiger partial charge on any atom is 0.0861 e. The average molecular weight is 167 g/mol. The molecular weight excluding hydrogens is 150 g/mol. The Kier molecular flexibility index (Phi) is 1.97. The van der Waals surface area contributed by atoms with Crippen molar-refractivity contribution >= 4 is 0 Å². The summed E-state index contributed by atoms with van der Waals surface area (Å²) < 4.78 is 0. The lowest BCUT2D eigenvalue weighted by atomic mass is 9.85. The molecular formula is C10H17NO. The lowest BCUT2D eigenvalue weighted by Gasteiger charge is -2.33. The summed E-state index contributed by atoms with van der Waals surface area (Å²) in [6.07, 6.45) is 7.51. The summed E-state index contributed by atoms with van der Waals surface area (Å²) in [7, 11) is 0. The molecule has 0 aromatic rings. The molecule has 3 atom stereocenters. The lowest BCUT2D eigenvalue weighted by molar-refractivity contribution is -0.00962. The van der Waals surface area contributed by atoms with Crippen LogP contribution in [0.4, 0.5) is 0 Å². The van der Waals surface area contributed by atoms with E-state index in [2.05, 4.69) is 24.4 Å². The number of hydrogen-bond acceptors (Lipinski definition) is 2. The average Bonchev–Trinajstić information content (AvgIpc) is 2.62. The van der Waals surface area contributed by atoms with Gasteiger partial charge < -0.3 is 10.4 Å². The van der Waals surface area contributed by atoms with Gasteiger partial charge in [-0.2, -0.15) is 0 Å². The molecule has 0 aromatic heterocycles. The zero-order valence-electron chi connectivity index (χ0n) is 7.59. The van der Waals surface area contributed by atoms with E-state index in [-0.39, 0.29) is 6.04 Å². The molecule has 0 spiro atoms. The molecule has 2 rings (SSSR count).